The van der Waals surface area contributed by atoms with E-state index >= 15 is 0 Å². The van der Waals surface area contributed by atoms with E-state index in [1.54, 1.807) is 23.9 Å². The summed E-state index contributed by atoms with van der Waals surface area (Å²) < 4.78 is 1.74. The van der Waals surface area contributed by atoms with Gasteiger partial charge in [0.05, 0.1) is 0 Å². The summed E-state index contributed by atoms with van der Waals surface area (Å²) in [7, 11) is 0. The number of hydrogen-bond donors (Lipinski definition) is 0. The van der Waals surface area contributed by atoms with Crippen molar-refractivity contribution < 1.29 is 4.79 Å². The number of carbonyl (C=O) groups excluding carboxylic acids is 1. The third-order valence-corrected chi connectivity index (χ3v) is 2.33. The number of ketones is 1. The number of benzene rings is 1. The van der Waals surface area contributed by atoms with Crippen LogP contribution in [0.2, 0.25) is 0 Å². The summed E-state index contributed by atoms with van der Waals surface area (Å²) in [6, 6.07) is 9.22. The molecule has 0 amide bonds. The molecule has 1 aromatic carbocycles. The molecule has 0 aliphatic heterocycles. The molecule has 0 spiro atoms. The van der Waals surface area contributed by atoms with Gasteiger partial charge in [-0.15, -0.1) is 0 Å². The number of rotatable bonds is 2. The summed E-state index contributed by atoms with van der Waals surface area (Å²) >= 11 is 0. The standard InChI is InChI=1S/C14H12N2O/c1-12(17)14-8-3-2-6-13(14)7-4-10-16-11-5-9-15-16/h2-3,5-6,8-9,11H,10H2,1H3. The number of Topliss-reactive ketones (excluding diaryl/α,β-unsaturated/α-hetero) is 1. The predicted molar refractivity (Wildman–Crippen MR) is 65.6 cm³/mol. The maximum absolute atomic E-state index is 11.4. The summed E-state index contributed by atoms with van der Waals surface area (Å²) in [5.74, 6) is 6.03. The van der Waals surface area contributed by atoms with E-state index in [1.807, 2.05) is 30.5 Å². The van der Waals surface area contributed by atoms with Crippen molar-refractivity contribution in [1.82, 2.24) is 9.78 Å². The Morgan fingerprint density at radius 1 is 1.35 bits per heavy atom. The lowest BCUT2D eigenvalue weighted by molar-refractivity contribution is 0.101. The molecule has 84 valence electrons. The minimum Gasteiger partial charge on any atom is -0.294 e. The summed E-state index contributed by atoms with van der Waals surface area (Å²) in [5, 5.41) is 4.05. The molecule has 2 rings (SSSR count). The molecule has 3 nitrogen and oxygen atoms in total. The first-order valence-corrected chi connectivity index (χ1v) is 5.33. The van der Waals surface area contributed by atoms with E-state index in [9.17, 15) is 4.79 Å². The minimum absolute atomic E-state index is 0.0361. The van der Waals surface area contributed by atoms with Gasteiger partial charge in [-0.2, -0.15) is 5.10 Å². The lowest BCUT2D eigenvalue weighted by Crippen LogP contribution is -1.97. The van der Waals surface area contributed by atoms with E-state index in [4.69, 9.17) is 0 Å². The van der Waals surface area contributed by atoms with Crippen LogP contribution in [0, 0.1) is 11.8 Å². The highest BCUT2D eigenvalue weighted by Gasteiger charge is 2.02. The smallest absolute Gasteiger partial charge is 0.161 e. The fourth-order valence-electron chi connectivity index (χ4n) is 1.51. The molecule has 1 heterocycles. The highest BCUT2D eigenvalue weighted by molar-refractivity contribution is 5.96. The SMILES string of the molecule is CC(=O)c1ccccc1C#CCn1cccn1. The van der Waals surface area contributed by atoms with Crippen LogP contribution in [0.1, 0.15) is 22.8 Å². The van der Waals surface area contributed by atoms with Crippen molar-refractivity contribution in [2.75, 3.05) is 0 Å². The Labute approximate surface area is 100 Å². The Bertz CT molecular complexity index is 574. The second kappa shape index (κ2) is 5.13. The molecule has 0 bridgehead atoms. The van der Waals surface area contributed by atoms with Gasteiger partial charge in [0.2, 0.25) is 0 Å². The quantitative estimate of drug-likeness (QED) is 0.578. The maximum atomic E-state index is 11.4. The second-order valence-electron chi connectivity index (χ2n) is 3.61. The normalized spacial score (nSPS) is 9.47. The molecule has 0 atom stereocenters. The number of nitrogens with zero attached hydrogens (tertiary/aromatic N) is 2. The van der Waals surface area contributed by atoms with Crippen LogP contribution in [0.3, 0.4) is 0 Å². The number of aromatic nitrogens is 2. The lowest BCUT2D eigenvalue weighted by atomic mass is 10.1. The van der Waals surface area contributed by atoms with E-state index in [-0.39, 0.29) is 5.78 Å². The monoisotopic (exact) mass is 224 g/mol. The van der Waals surface area contributed by atoms with Crippen LogP contribution in [0.15, 0.2) is 42.7 Å². The Morgan fingerprint density at radius 3 is 2.88 bits per heavy atom. The average Bonchev–Trinajstić information content (AvgIpc) is 2.82. The highest BCUT2D eigenvalue weighted by atomic mass is 16.1. The zero-order chi connectivity index (χ0) is 12.1. The van der Waals surface area contributed by atoms with Crippen LogP contribution in [-0.2, 0) is 6.54 Å². The molecule has 0 fully saturated rings. The van der Waals surface area contributed by atoms with Crippen molar-refractivity contribution in [3.63, 3.8) is 0 Å². The number of carbonyl (C=O) groups is 1. The van der Waals surface area contributed by atoms with Crippen molar-refractivity contribution in [3.8, 4) is 11.8 Å². The van der Waals surface area contributed by atoms with Gasteiger partial charge in [-0.05, 0) is 19.1 Å². The van der Waals surface area contributed by atoms with E-state index < -0.39 is 0 Å². The zero-order valence-electron chi connectivity index (χ0n) is 9.55. The fraction of sp³-hybridized carbons (Fsp3) is 0.143. The van der Waals surface area contributed by atoms with Crippen molar-refractivity contribution >= 4 is 5.78 Å². The molecule has 1 aromatic heterocycles. The Hall–Kier alpha value is -2.34. The molecule has 17 heavy (non-hydrogen) atoms. The molecular weight excluding hydrogens is 212 g/mol. The summed E-state index contributed by atoms with van der Waals surface area (Å²) in [5.41, 5.74) is 1.44. The van der Waals surface area contributed by atoms with Crippen LogP contribution < -0.4 is 0 Å². The summed E-state index contributed by atoms with van der Waals surface area (Å²) in [6.07, 6.45) is 3.57. The van der Waals surface area contributed by atoms with Gasteiger partial charge in [-0.1, -0.05) is 30.0 Å². The van der Waals surface area contributed by atoms with E-state index in [0.29, 0.717) is 12.1 Å². The topological polar surface area (TPSA) is 34.9 Å². The van der Waals surface area contributed by atoms with Gasteiger partial charge in [0.1, 0.15) is 6.54 Å². The van der Waals surface area contributed by atoms with Crippen LogP contribution in [0.25, 0.3) is 0 Å². The molecule has 0 saturated carbocycles. The fourth-order valence-corrected chi connectivity index (χ4v) is 1.51. The highest BCUT2D eigenvalue weighted by Crippen LogP contribution is 2.07. The van der Waals surface area contributed by atoms with E-state index in [0.717, 1.165) is 5.56 Å². The molecule has 0 radical (unpaired) electrons. The zero-order valence-corrected chi connectivity index (χ0v) is 9.55. The average molecular weight is 224 g/mol. The second-order valence-corrected chi connectivity index (χ2v) is 3.61. The summed E-state index contributed by atoms with van der Waals surface area (Å²) in [6.45, 7) is 2.08. The van der Waals surface area contributed by atoms with Gasteiger partial charge < -0.3 is 0 Å². The molecule has 3 heteroatoms. The first kappa shape index (κ1) is 11.2. The minimum atomic E-state index is 0.0361. The Balaban J connectivity index is 2.19. The van der Waals surface area contributed by atoms with Crippen LogP contribution in [0.5, 0.6) is 0 Å². The molecule has 0 unspecified atom stereocenters. The third-order valence-electron chi connectivity index (χ3n) is 2.33. The van der Waals surface area contributed by atoms with Crippen molar-refractivity contribution in [2.24, 2.45) is 0 Å². The third kappa shape index (κ3) is 2.82. The molecular formula is C14H12N2O. The Morgan fingerprint density at radius 2 is 2.18 bits per heavy atom. The molecule has 0 aliphatic rings. The van der Waals surface area contributed by atoms with E-state index in [2.05, 4.69) is 16.9 Å². The first-order chi connectivity index (χ1) is 8.27. The summed E-state index contributed by atoms with van der Waals surface area (Å²) in [4.78, 5) is 11.4. The van der Waals surface area contributed by atoms with E-state index in [1.165, 1.54) is 0 Å². The largest absolute Gasteiger partial charge is 0.294 e. The van der Waals surface area contributed by atoms with Crippen molar-refractivity contribution in [2.45, 2.75) is 13.5 Å². The van der Waals surface area contributed by atoms with Gasteiger partial charge >= 0.3 is 0 Å². The molecule has 2 aromatic rings. The molecule has 0 aliphatic carbocycles. The lowest BCUT2D eigenvalue weighted by Gasteiger charge is -1.98. The number of hydrogen-bond acceptors (Lipinski definition) is 2. The van der Waals surface area contributed by atoms with Crippen LogP contribution >= 0.6 is 0 Å². The molecule has 0 N–H and O–H groups in total. The van der Waals surface area contributed by atoms with Gasteiger partial charge in [-0.3, -0.25) is 9.48 Å². The van der Waals surface area contributed by atoms with Crippen molar-refractivity contribution in [3.05, 3.63) is 53.9 Å². The van der Waals surface area contributed by atoms with Crippen molar-refractivity contribution in [1.29, 1.82) is 0 Å². The Kier molecular flexibility index (Phi) is 3.37. The van der Waals surface area contributed by atoms with Crippen LogP contribution in [0.4, 0.5) is 0 Å². The molecule has 0 saturated heterocycles. The maximum Gasteiger partial charge on any atom is 0.161 e. The van der Waals surface area contributed by atoms with Gasteiger partial charge in [0.25, 0.3) is 0 Å². The van der Waals surface area contributed by atoms with Gasteiger partial charge in [-0.25, -0.2) is 0 Å². The first-order valence-electron chi connectivity index (χ1n) is 5.33. The van der Waals surface area contributed by atoms with Gasteiger partial charge in [0.15, 0.2) is 5.78 Å². The van der Waals surface area contributed by atoms with Gasteiger partial charge in [0, 0.05) is 23.5 Å². The van der Waals surface area contributed by atoms with Crippen LogP contribution in [-0.4, -0.2) is 15.6 Å². The predicted octanol–water partition coefficient (Wildman–Crippen LogP) is 2.14.